The highest BCUT2D eigenvalue weighted by atomic mass is 35.5. The SMILES string of the molecule is COc1cc(OC)c(NC(=O)CN2C(=O)C(c3ccccc3)=NC23CCCCC3)cc1Cl. The van der Waals surface area contributed by atoms with Crippen LogP contribution in [0.1, 0.15) is 37.7 Å². The molecule has 1 fully saturated rings. The van der Waals surface area contributed by atoms with Crippen LogP contribution in [0.15, 0.2) is 47.5 Å². The van der Waals surface area contributed by atoms with Gasteiger partial charge in [-0.1, -0.05) is 48.4 Å². The number of benzene rings is 2. The first kappa shape index (κ1) is 22.1. The van der Waals surface area contributed by atoms with Crippen LogP contribution in [0.25, 0.3) is 0 Å². The van der Waals surface area contributed by atoms with Crippen LogP contribution in [0.4, 0.5) is 5.69 Å². The third-order valence-electron chi connectivity index (χ3n) is 6.02. The molecule has 0 atom stereocenters. The lowest BCUT2D eigenvalue weighted by Gasteiger charge is -2.38. The van der Waals surface area contributed by atoms with Crippen molar-refractivity contribution in [1.29, 1.82) is 0 Å². The van der Waals surface area contributed by atoms with Crippen molar-refractivity contribution in [3.8, 4) is 11.5 Å². The van der Waals surface area contributed by atoms with Gasteiger partial charge >= 0.3 is 0 Å². The molecule has 1 aliphatic carbocycles. The molecule has 0 bridgehead atoms. The van der Waals surface area contributed by atoms with Crippen molar-refractivity contribution in [3.05, 3.63) is 53.1 Å². The molecule has 168 valence electrons. The van der Waals surface area contributed by atoms with E-state index in [-0.39, 0.29) is 18.4 Å². The standard InChI is InChI=1S/C24H26ClN3O4/c1-31-19-14-20(32-2)18(13-17(19)25)26-21(29)15-28-23(30)22(16-9-5-3-6-10-16)27-24(28)11-7-4-8-12-24/h3,5-6,9-10,13-14H,4,7-8,11-12,15H2,1-2H3,(H,26,29). The molecule has 4 rings (SSSR count). The normalized spacial score (nSPS) is 17.3. The third kappa shape index (κ3) is 4.17. The number of amides is 2. The Labute approximate surface area is 192 Å². The highest BCUT2D eigenvalue weighted by Crippen LogP contribution is 2.40. The summed E-state index contributed by atoms with van der Waals surface area (Å²) in [6.07, 6.45) is 4.55. The van der Waals surface area contributed by atoms with Gasteiger partial charge in [-0.15, -0.1) is 0 Å². The van der Waals surface area contributed by atoms with E-state index in [1.807, 2.05) is 30.3 Å². The van der Waals surface area contributed by atoms with E-state index >= 15 is 0 Å². The Hall–Kier alpha value is -3.06. The summed E-state index contributed by atoms with van der Waals surface area (Å²) in [7, 11) is 3.01. The van der Waals surface area contributed by atoms with E-state index in [0.717, 1.165) is 37.7 Å². The maximum Gasteiger partial charge on any atom is 0.275 e. The molecule has 0 aromatic heterocycles. The molecule has 2 amide bonds. The van der Waals surface area contributed by atoms with Crippen LogP contribution < -0.4 is 14.8 Å². The molecule has 2 aromatic rings. The second-order valence-electron chi connectivity index (χ2n) is 8.00. The van der Waals surface area contributed by atoms with E-state index in [4.69, 9.17) is 26.1 Å². The molecule has 2 aromatic carbocycles. The van der Waals surface area contributed by atoms with Gasteiger partial charge in [0.1, 0.15) is 29.4 Å². The van der Waals surface area contributed by atoms with Crippen molar-refractivity contribution in [2.45, 2.75) is 37.8 Å². The van der Waals surface area contributed by atoms with Gasteiger partial charge in [0.25, 0.3) is 5.91 Å². The number of nitrogens with zero attached hydrogens (tertiary/aromatic N) is 2. The summed E-state index contributed by atoms with van der Waals surface area (Å²) < 4.78 is 10.6. The van der Waals surface area contributed by atoms with Crippen LogP contribution in [0.2, 0.25) is 5.02 Å². The van der Waals surface area contributed by atoms with Gasteiger partial charge in [0.05, 0.1) is 24.9 Å². The lowest BCUT2D eigenvalue weighted by Crippen LogP contribution is -2.51. The molecule has 1 spiro atoms. The van der Waals surface area contributed by atoms with Crippen LogP contribution in [-0.2, 0) is 9.59 Å². The van der Waals surface area contributed by atoms with E-state index in [1.165, 1.54) is 14.2 Å². The van der Waals surface area contributed by atoms with Crippen molar-refractivity contribution < 1.29 is 19.1 Å². The van der Waals surface area contributed by atoms with Crippen LogP contribution in [0, 0.1) is 0 Å². The summed E-state index contributed by atoms with van der Waals surface area (Å²) in [4.78, 5) is 32.9. The Morgan fingerprint density at radius 2 is 1.78 bits per heavy atom. The number of carbonyl (C=O) groups is 2. The van der Waals surface area contributed by atoms with Crippen LogP contribution in [0.3, 0.4) is 0 Å². The van der Waals surface area contributed by atoms with E-state index in [2.05, 4.69) is 5.32 Å². The zero-order valence-electron chi connectivity index (χ0n) is 18.2. The average Bonchev–Trinajstić information content (AvgIpc) is 3.06. The number of nitrogens with one attached hydrogen (secondary N) is 1. The summed E-state index contributed by atoms with van der Waals surface area (Å²) in [6.45, 7) is -0.106. The molecular formula is C24H26ClN3O4. The first-order valence-corrected chi connectivity index (χ1v) is 11.0. The maximum absolute atomic E-state index is 13.4. The van der Waals surface area contributed by atoms with Gasteiger partial charge in [-0.2, -0.15) is 0 Å². The maximum atomic E-state index is 13.4. The summed E-state index contributed by atoms with van der Waals surface area (Å²) in [6, 6.07) is 12.6. The highest BCUT2D eigenvalue weighted by molar-refractivity contribution is 6.47. The Balaban J connectivity index is 1.58. The van der Waals surface area contributed by atoms with Gasteiger partial charge in [-0.25, -0.2) is 0 Å². The van der Waals surface area contributed by atoms with Crippen LogP contribution in [-0.4, -0.2) is 48.9 Å². The number of halogens is 1. The van der Waals surface area contributed by atoms with Crippen molar-refractivity contribution >= 4 is 34.8 Å². The molecule has 0 radical (unpaired) electrons. The van der Waals surface area contributed by atoms with Gasteiger partial charge < -0.3 is 19.7 Å². The summed E-state index contributed by atoms with van der Waals surface area (Å²) >= 11 is 6.22. The fraction of sp³-hybridized carbons (Fsp3) is 0.375. The second kappa shape index (κ2) is 9.20. The molecule has 1 aliphatic heterocycles. The first-order chi connectivity index (χ1) is 15.5. The number of ether oxygens (including phenoxy) is 2. The number of hydrogen-bond donors (Lipinski definition) is 1. The van der Waals surface area contributed by atoms with Gasteiger partial charge in [0.2, 0.25) is 5.91 Å². The molecule has 1 saturated carbocycles. The molecule has 8 heteroatoms. The predicted octanol–water partition coefficient (Wildman–Crippen LogP) is 4.29. The zero-order chi connectivity index (χ0) is 22.7. The quantitative estimate of drug-likeness (QED) is 0.704. The minimum absolute atomic E-state index is 0.106. The lowest BCUT2D eigenvalue weighted by atomic mass is 9.88. The number of rotatable bonds is 6. The molecule has 7 nitrogen and oxygen atoms in total. The number of aliphatic imine (C=N–C) groups is 1. The third-order valence-corrected chi connectivity index (χ3v) is 6.32. The Morgan fingerprint density at radius 3 is 2.44 bits per heavy atom. The predicted molar refractivity (Wildman–Crippen MR) is 124 cm³/mol. The smallest absolute Gasteiger partial charge is 0.275 e. The van der Waals surface area contributed by atoms with Crippen molar-refractivity contribution in [3.63, 3.8) is 0 Å². The first-order valence-electron chi connectivity index (χ1n) is 10.7. The van der Waals surface area contributed by atoms with Crippen molar-refractivity contribution in [2.75, 3.05) is 26.1 Å². The minimum Gasteiger partial charge on any atom is -0.495 e. The minimum atomic E-state index is -0.667. The lowest BCUT2D eigenvalue weighted by molar-refractivity contribution is -0.134. The van der Waals surface area contributed by atoms with E-state index in [0.29, 0.717) is 27.9 Å². The van der Waals surface area contributed by atoms with Gasteiger partial charge in [0.15, 0.2) is 0 Å². The molecule has 2 aliphatic rings. The number of carbonyl (C=O) groups excluding carboxylic acids is 2. The van der Waals surface area contributed by atoms with E-state index in [1.54, 1.807) is 17.0 Å². The van der Waals surface area contributed by atoms with Gasteiger partial charge in [-0.05, 0) is 31.7 Å². The van der Waals surface area contributed by atoms with Crippen LogP contribution >= 0.6 is 11.6 Å². The zero-order valence-corrected chi connectivity index (χ0v) is 18.9. The molecule has 32 heavy (non-hydrogen) atoms. The molecule has 1 N–H and O–H groups in total. The molecule has 1 heterocycles. The molecular weight excluding hydrogens is 430 g/mol. The molecule has 0 unspecified atom stereocenters. The Bertz CT molecular complexity index is 1050. The number of hydrogen-bond acceptors (Lipinski definition) is 5. The van der Waals surface area contributed by atoms with E-state index in [9.17, 15) is 9.59 Å². The van der Waals surface area contributed by atoms with E-state index < -0.39 is 5.66 Å². The fourth-order valence-electron chi connectivity index (χ4n) is 4.43. The van der Waals surface area contributed by atoms with Gasteiger partial charge in [-0.3, -0.25) is 14.6 Å². The fourth-order valence-corrected chi connectivity index (χ4v) is 4.67. The Morgan fingerprint density at radius 1 is 1.09 bits per heavy atom. The summed E-state index contributed by atoms with van der Waals surface area (Å²) in [5.41, 5.74) is 0.940. The largest absolute Gasteiger partial charge is 0.495 e. The van der Waals surface area contributed by atoms with Crippen molar-refractivity contribution in [2.24, 2.45) is 4.99 Å². The number of anilines is 1. The highest BCUT2D eigenvalue weighted by Gasteiger charge is 2.48. The monoisotopic (exact) mass is 455 g/mol. The topological polar surface area (TPSA) is 80.2 Å². The average molecular weight is 456 g/mol. The van der Waals surface area contributed by atoms with Gasteiger partial charge in [0, 0.05) is 11.6 Å². The summed E-state index contributed by atoms with van der Waals surface area (Å²) in [5.74, 6) is 0.305. The van der Waals surface area contributed by atoms with Crippen molar-refractivity contribution in [1.82, 2.24) is 4.90 Å². The van der Waals surface area contributed by atoms with Crippen LogP contribution in [0.5, 0.6) is 11.5 Å². The number of methoxy groups -OCH3 is 2. The second-order valence-corrected chi connectivity index (χ2v) is 8.40. The Kier molecular flexibility index (Phi) is 6.37. The summed E-state index contributed by atoms with van der Waals surface area (Å²) in [5, 5.41) is 3.18. The molecule has 0 saturated heterocycles.